The van der Waals surface area contributed by atoms with Gasteiger partial charge in [-0.2, -0.15) is 0 Å². The van der Waals surface area contributed by atoms with Crippen LogP contribution in [0.2, 0.25) is 0 Å². The molecule has 2 saturated heterocycles. The summed E-state index contributed by atoms with van der Waals surface area (Å²) in [6.07, 6.45) is 6.42. The smallest absolute Gasteiger partial charge is 0.171 e. The average molecular weight is 376 g/mol. The van der Waals surface area contributed by atoms with Crippen molar-refractivity contribution in [3.8, 4) is 5.75 Å². The van der Waals surface area contributed by atoms with E-state index >= 15 is 0 Å². The van der Waals surface area contributed by atoms with Crippen molar-refractivity contribution in [3.05, 3.63) is 24.3 Å². The lowest BCUT2D eigenvalue weighted by Crippen LogP contribution is -2.58. The van der Waals surface area contributed by atoms with Gasteiger partial charge in [-0.1, -0.05) is 32.4 Å². The number of anilines is 1. The van der Waals surface area contributed by atoms with Gasteiger partial charge in [0, 0.05) is 24.7 Å². The third-order valence-corrected chi connectivity index (χ3v) is 5.69. The molecular weight excluding hydrogens is 342 g/mol. The molecule has 2 fully saturated rings. The maximum Gasteiger partial charge on any atom is 0.171 e. The third kappa shape index (κ3) is 4.89. The van der Waals surface area contributed by atoms with E-state index in [0.717, 1.165) is 17.4 Å². The number of hydrogen-bond donors (Lipinski definition) is 2. The van der Waals surface area contributed by atoms with E-state index in [1.54, 1.807) is 0 Å². The minimum absolute atomic E-state index is 0.466. The summed E-state index contributed by atoms with van der Waals surface area (Å²) in [6.45, 7) is 8.53. The van der Waals surface area contributed by atoms with Gasteiger partial charge in [0.1, 0.15) is 5.75 Å². The number of ether oxygens (including phenoxy) is 1. The van der Waals surface area contributed by atoms with Crippen LogP contribution in [0, 0.1) is 5.92 Å². The summed E-state index contributed by atoms with van der Waals surface area (Å²) in [5, 5.41) is 7.62. The molecule has 0 spiro atoms. The molecule has 1 aromatic rings. The molecule has 0 saturated carbocycles. The quantitative estimate of drug-likeness (QED) is 0.720. The summed E-state index contributed by atoms with van der Waals surface area (Å²) >= 11 is 5.60. The molecule has 2 aliphatic rings. The molecule has 0 amide bonds. The van der Waals surface area contributed by atoms with Crippen LogP contribution in [0.1, 0.15) is 52.9 Å². The van der Waals surface area contributed by atoms with Gasteiger partial charge in [0.15, 0.2) is 5.11 Å². The van der Waals surface area contributed by atoms with E-state index < -0.39 is 0 Å². The van der Waals surface area contributed by atoms with Gasteiger partial charge in [0.2, 0.25) is 0 Å². The van der Waals surface area contributed by atoms with E-state index in [0.29, 0.717) is 29.8 Å². The number of piperidine rings is 2. The first kappa shape index (κ1) is 19.4. The van der Waals surface area contributed by atoms with Crippen LogP contribution in [-0.4, -0.2) is 41.3 Å². The molecule has 0 aromatic heterocycles. The van der Waals surface area contributed by atoms with Crippen molar-refractivity contribution >= 4 is 23.0 Å². The molecule has 5 heteroatoms. The van der Waals surface area contributed by atoms with Crippen molar-refractivity contribution in [1.29, 1.82) is 0 Å². The molecule has 2 bridgehead atoms. The molecule has 2 heterocycles. The maximum absolute atomic E-state index is 5.68. The van der Waals surface area contributed by atoms with Crippen LogP contribution in [0.25, 0.3) is 0 Å². The molecule has 0 aliphatic carbocycles. The van der Waals surface area contributed by atoms with Crippen LogP contribution in [0.3, 0.4) is 0 Å². The SMILES string of the molecule is CCOc1ccccc1NC(=S)NC1C[C@H]2CCC[C@H](C1)N2CC(C)C. The van der Waals surface area contributed by atoms with Gasteiger partial charge < -0.3 is 15.4 Å². The monoisotopic (exact) mass is 375 g/mol. The zero-order chi connectivity index (χ0) is 18.5. The number of fused-ring (bicyclic) bond motifs is 2. The molecule has 4 nitrogen and oxygen atoms in total. The van der Waals surface area contributed by atoms with Crippen molar-refractivity contribution < 1.29 is 4.74 Å². The Hall–Kier alpha value is -1.33. The third-order valence-electron chi connectivity index (χ3n) is 5.47. The molecule has 144 valence electrons. The average Bonchev–Trinajstić information content (AvgIpc) is 2.57. The van der Waals surface area contributed by atoms with Crippen LogP contribution in [0.15, 0.2) is 24.3 Å². The fourth-order valence-electron chi connectivity index (χ4n) is 4.51. The van der Waals surface area contributed by atoms with Gasteiger partial charge in [-0.15, -0.1) is 0 Å². The molecular formula is C21H33N3OS. The Labute approximate surface area is 163 Å². The van der Waals surface area contributed by atoms with Crippen LogP contribution in [-0.2, 0) is 0 Å². The van der Waals surface area contributed by atoms with Crippen molar-refractivity contribution in [3.63, 3.8) is 0 Å². The zero-order valence-electron chi connectivity index (χ0n) is 16.3. The fourth-order valence-corrected chi connectivity index (χ4v) is 4.79. The summed E-state index contributed by atoms with van der Waals surface area (Å²) in [5.41, 5.74) is 0.935. The number of nitrogens with one attached hydrogen (secondary N) is 2. The molecule has 2 aliphatic heterocycles. The lowest BCUT2D eigenvalue weighted by Gasteiger charge is -2.49. The first-order chi connectivity index (χ1) is 12.6. The van der Waals surface area contributed by atoms with E-state index in [9.17, 15) is 0 Å². The van der Waals surface area contributed by atoms with Gasteiger partial charge in [-0.05, 0) is 62.9 Å². The molecule has 0 radical (unpaired) electrons. The van der Waals surface area contributed by atoms with Gasteiger partial charge >= 0.3 is 0 Å². The second-order valence-electron chi connectivity index (χ2n) is 8.03. The molecule has 26 heavy (non-hydrogen) atoms. The lowest BCUT2D eigenvalue weighted by molar-refractivity contribution is 0.0191. The van der Waals surface area contributed by atoms with E-state index in [4.69, 9.17) is 17.0 Å². The van der Waals surface area contributed by atoms with Gasteiger partial charge in [0.25, 0.3) is 0 Å². The van der Waals surface area contributed by atoms with Crippen molar-refractivity contribution in [1.82, 2.24) is 10.2 Å². The highest BCUT2D eigenvalue weighted by Crippen LogP contribution is 2.34. The van der Waals surface area contributed by atoms with E-state index in [-0.39, 0.29) is 0 Å². The fraction of sp³-hybridized carbons (Fsp3) is 0.667. The predicted molar refractivity (Wildman–Crippen MR) is 113 cm³/mol. The maximum atomic E-state index is 5.68. The van der Waals surface area contributed by atoms with Crippen LogP contribution in [0.5, 0.6) is 5.75 Å². The second kappa shape index (κ2) is 9.05. The summed E-state index contributed by atoms with van der Waals surface area (Å²) in [5.74, 6) is 1.59. The van der Waals surface area contributed by atoms with E-state index in [1.807, 2.05) is 31.2 Å². The highest BCUT2D eigenvalue weighted by Gasteiger charge is 2.38. The molecule has 3 rings (SSSR count). The number of rotatable bonds is 6. The molecule has 0 unspecified atom stereocenters. The Kier molecular flexibility index (Phi) is 6.76. The largest absolute Gasteiger partial charge is 0.492 e. The van der Waals surface area contributed by atoms with Gasteiger partial charge in [-0.3, -0.25) is 4.90 Å². The van der Waals surface area contributed by atoms with Crippen LogP contribution in [0.4, 0.5) is 5.69 Å². The van der Waals surface area contributed by atoms with Crippen molar-refractivity contribution in [2.24, 2.45) is 5.92 Å². The van der Waals surface area contributed by atoms with Crippen LogP contribution < -0.4 is 15.4 Å². The Bertz CT molecular complexity index is 593. The summed E-state index contributed by atoms with van der Waals surface area (Å²) in [7, 11) is 0. The minimum Gasteiger partial charge on any atom is -0.492 e. The molecule has 1 aromatic carbocycles. The summed E-state index contributed by atoms with van der Waals surface area (Å²) < 4.78 is 5.68. The normalized spacial score (nSPS) is 25.8. The van der Waals surface area contributed by atoms with Gasteiger partial charge in [-0.25, -0.2) is 0 Å². The summed E-state index contributed by atoms with van der Waals surface area (Å²) in [4.78, 5) is 2.77. The standard InChI is InChI=1S/C21H33N3OS/c1-4-25-20-11-6-5-10-19(20)23-21(26)22-16-12-17-8-7-9-18(13-16)24(17)14-15(2)3/h5-6,10-11,15-18H,4,7-9,12-14H2,1-3H3,(H2,22,23,26)/t17-,18-/m1/s1. The Morgan fingerprint density at radius 3 is 2.58 bits per heavy atom. The molecule has 2 atom stereocenters. The second-order valence-corrected chi connectivity index (χ2v) is 8.43. The van der Waals surface area contributed by atoms with E-state index in [1.165, 1.54) is 38.6 Å². The number of thiocarbonyl (C=S) groups is 1. The Morgan fingerprint density at radius 2 is 1.92 bits per heavy atom. The number of hydrogen-bond acceptors (Lipinski definition) is 3. The first-order valence-corrected chi connectivity index (χ1v) is 10.5. The first-order valence-electron chi connectivity index (χ1n) is 10.1. The topological polar surface area (TPSA) is 36.5 Å². The van der Waals surface area contributed by atoms with E-state index in [2.05, 4.69) is 29.4 Å². The highest BCUT2D eigenvalue weighted by atomic mass is 32.1. The molecule has 2 N–H and O–H groups in total. The number of para-hydroxylation sites is 2. The Balaban J connectivity index is 1.57. The van der Waals surface area contributed by atoms with Crippen LogP contribution >= 0.6 is 12.2 Å². The Morgan fingerprint density at radius 1 is 1.23 bits per heavy atom. The number of nitrogens with zero attached hydrogens (tertiary/aromatic N) is 1. The van der Waals surface area contributed by atoms with Gasteiger partial charge in [0.05, 0.1) is 12.3 Å². The minimum atomic E-state index is 0.466. The van der Waals surface area contributed by atoms with Crippen molar-refractivity contribution in [2.75, 3.05) is 18.5 Å². The lowest BCUT2D eigenvalue weighted by atomic mass is 9.81. The van der Waals surface area contributed by atoms with Crippen molar-refractivity contribution in [2.45, 2.75) is 71.0 Å². The number of benzene rings is 1. The zero-order valence-corrected chi connectivity index (χ0v) is 17.1. The summed E-state index contributed by atoms with van der Waals surface area (Å²) in [6, 6.07) is 9.86. The predicted octanol–water partition coefficient (Wildman–Crippen LogP) is 4.41. The highest BCUT2D eigenvalue weighted by molar-refractivity contribution is 7.80.